The van der Waals surface area contributed by atoms with Crippen LogP contribution in [0.1, 0.15) is 10.9 Å². The van der Waals surface area contributed by atoms with Crippen LogP contribution in [0.25, 0.3) is 10.9 Å². The molecule has 7 heteroatoms. The summed E-state index contributed by atoms with van der Waals surface area (Å²) >= 11 is 1.53. The Kier molecular flexibility index (Phi) is 4.46. The molecule has 1 atom stereocenters. The number of hydrogen-bond acceptors (Lipinski definition) is 4. The van der Waals surface area contributed by atoms with E-state index in [0.717, 1.165) is 5.75 Å². The number of nitrogens with zero attached hydrogens (tertiary/aromatic N) is 3. The van der Waals surface area contributed by atoms with Crippen molar-refractivity contribution in [2.75, 3.05) is 12.3 Å². The second-order valence-electron chi connectivity index (χ2n) is 6.03. The maximum Gasteiger partial charge on any atom is 0.261 e. The van der Waals surface area contributed by atoms with Gasteiger partial charge in [-0.15, -0.1) is 11.8 Å². The van der Waals surface area contributed by atoms with Crippen LogP contribution in [-0.2, 0) is 11.3 Å². The van der Waals surface area contributed by atoms with Crippen LogP contribution in [0.3, 0.4) is 0 Å². The number of fused-ring (bicyclic) bond motifs is 1. The van der Waals surface area contributed by atoms with Crippen molar-refractivity contribution in [1.82, 2.24) is 14.5 Å². The van der Waals surface area contributed by atoms with Crippen LogP contribution in [0.15, 0.2) is 59.7 Å². The number of carbonyl (C=O) groups is 1. The van der Waals surface area contributed by atoms with Crippen LogP contribution in [0.5, 0.6) is 0 Å². The first-order valence-corrected chi connectivity index (χ1v) is 9.30. The normalized spacial score (nSPS) is 17.0. The molecular weight excluding hydrogens is 353 g/mol. The van der Waals surface area contributed by atoms with Crippen LogP contribution in [0.4, 0.5) is 4.39 Å². The molecule has 0 saturated carbocycles. The molecule has 0 bridgehead atoms. The molecule has 1 unspecified atom stereocenters. The van der Waals surface area contributed by atoms with Crippen molar-refractivity contribution in [2.45, 2.75) is 11.9 Å². The van der Waals surface area contributed by atoms with E-state index >= 15 is 0 Å². The summed E-state index contributed by atoms with van der Waals surface area (Å²) in [6.45, 7) is 0.417. The van der Waals surface area contributed by atoms with Gasteiger partial charge in [-0.1, -0.05) is 30.3 Å². The van der Waals surface area contributed by atoms with Crippen LogP contribution in [0.2, 0.25) is 0 Å². The van der Waals surface area contributed by atoms with E-state index < -0.39 is 0 Å². The lowest BCUT2D eigenvalue weighted by atomic mass is 10.2. The van der Waals surface area contributed by atoms with Gasteiger partial charge in [-0.3, -0.25) is 14.2 Å². The fourth-order valence-corrected chi connectivity index (χ4v) is 4.41. The minimum atomic E-state index is -0.368. The van der Waals surface area contributed by atoms with Crippen molar-refractivity contribution < 1.29 is 9.18 Å². The molecular formula is C19H16FN3O2S. The van der Waals surface area contributed by atoms with Gasteiger partial charge in [0.1, 0.15) is 17.7 Å². The zero-order chi connectivity index (χ0) is 18.1. The highest BCUT2D eigenvalue weighted by Gasteiger charge is 2.32. The van der Waals surface area contributed by atoms with Gasteiger partial charge in [0.15, 0.2) is 0 Å². The van der Waals surface area contributed by atoms with E-state index in [1.807, 2.05) is 6.07 Å². The Bertz CT molecular complexity index is 1040. The van der Waals surface area contributed by atoms with E-state index in [-0.39, 0.29) is 29.2 Å². The van der Waals surface area contributed by atoms with Gasteiger partial charge in [0.2, 0.25) is 5.91 Å². The maximum atomic E-state index is 14.1. The fourth-order valence-electron chi connectivity index (χ4n) is 3.11. The summed E-state index contributed by atoms with van der Waals surface area (Å²) in [7, 11) is 0. The summed E-state index contributed by atoms with van der Waals surface area (Å²) in [5.74, 6) is 0.187. The third kappa shape index (κ3) is 2.99. The topological polar surface area (TPSA) is 55.2 Å². The van der Waals surface area contributed by atoms with E-state index in [1.165, 1.54) is 28.7 Å². The first-order chi connectivity index (χ1) is 12.6. The van der Waals surface area contributed by atoms with Crippen molar-refractivity contribution in [1.29, 1.82) is 0 Å². The van der Waals surface area contributed by atoms with Gasteiger partial charge < -0.3 is 4.90 Å². The molecule has 0 radical (unpaired) electrons. The number of aromatic nitrogens is 2. The number of halogens is 1. The molecule has 1 aromatic heterocycles. The van der Waals surface area contributed by atoms with Gasteiger partial charge in [0, 0.05) is 17.9 Å². The predicted octanol–water partition coefficient (Wildman–Crippen LogP) is 2.81. The summed E-state index contributed by atoms with van der Waals surface area (Å²) in [4.78, 5) is 31.2. The van der Waals surface area contributed by atoms with Crippen molar-refractivity contribution >= 4 is 28.6 Å². The van der Waals surface area contributed by atoms with Gasteiger partial charge in [-0.05, 0) is 18.2 Å². The Balaban J connectivity index is 1.61. The molecule has 4 rings (SSSR count). The average Bonchev–Trinajstić information content (AvgIpc) is 3.14. The second kappa shape index (κ2) is 6.92. The maximum absolute atomic E-state index is 14.1. The number of benzene rings is 2. The van der Waals surface area contributed by atoms with Gasteiger partial charge in [-0.25, -0.2) is 9.37 Å². The third-order valence-electron chi connectivity index (χ3n) is 4.42. The molecule has 0 N–H and O–H groups in total. The molecule has 1 fully saturated rings. The second-order valence-corrected chi connectivity index (χ2v) is 7.21. The van der Waals surface area contributed by atoms with Crippen LogP contribution in [0, 0.1) is 5.82 Å². The first kappa shape index (κ1) is 16.8. The Morgan fingerprint density at radius 3 is 2.81 bits per heavy atom. The van der Waals surface area contributed by atoms with E-state index in [1.54, 1.807) is 41.3 Å². The molecule has 26 heavy (non-hydrogen) atoms. The van der Waals surface area contributed by atoms with Crippen LogP contribution >= 0.6 is 11.8 Å². The van der Waals surface area contributed by atoms with Crippen molar-refractivity contribution in [2.24, 2.45) is 0 Å². The van der Waals surface area contributed by atoms with E-state index in [4.69, 9.17) is 0 Å². The Labute approximate surface area is 153 Å². The number of carbonyl (C=O) groups excluding carboxylic acids is 1. The van der Waals surface area contributed by atoms with E-state index in [0.29, 0.717) is 23.0 Å². The Morgan fingerprint density at radius 2 is 1.96 bits per heavy atom. The number of thioether (sulfide) groups is 1. The average molecular weight is 369 g/mol. The molecule has 2 heterocycles. The highest BCUT2D eigenvalue weighted by atomic mass is 32.2. The largest absolute Gasteiger partial charge is 0.324 e. The van der Waals surface area contributed by atoms with Crippen molar-refractivity contribution in [3.63, 3.8) is 0 Å². The molecule has 132 valence electrons. The predicted molar refractivity (Wildman–Crippen MR) is 99.3 cm³/mol. The molecule has 1 amide bonds. The molecule has 5 nitrogen and oxygen atoms in total. The summed E-state index contributed by atoms with van der Waals surface area (Å²) in [5, 5.41) is 0.108. The highest BCUT2D eigenvalue weighted by Crippen LogP contribution is 2.38. The standard InChI is InChI=1S/C19H16FN3O2S/c20-15-7-3-1-5-13(15)19-23(9-10-26-19)17(24)11-22-12-21-16-8-4-2-6-14(16)18(22)25/h1-8,12,19H,9-11H2. The summed E-state index contributed by atoms with van der Waals surface area (Å²) in [5.41, 5.74) is 0.840. The molecule has 1 aliphatic heterocycles. The molecule has 2 aromatic carbocycles. The smallest absolute Gasteiger partial charge is 0.261 e. The lowest BCUT2D eigenvalue weighted by molar-refractivity contribution is -0.132. The van der Waals surface area contributed by atoms with E-state index in [2.05, 4.69) is 4.98 Å². The molecule has 1 saturated heterocycles. The first-order valence-electron chi connectivity index (χ1n) is 8.25. The minimum absolute atomic E-state index is 0.109. The Hall–Kier alpha value is -2.67. The number of hydrogen-bond donors (Lipinski definition) is 0. The summed E-state index contributed by atoms with van der Waals surface area (Å²) < 4.78 is 15.4. The SMILES string of the molecule is O=C(Cn1cnc2ccccc2c1=O)N1CCSC1c1ccccc1F. The zero-order valence-electron chi connectivity index (χ0n) is 13.8. The molecule has 1 aliphatic rings. The van der Waals surface area contributed by atoms with Crippen LogP contribution < -0.4 is 5.56 Å². The van der Waals surface area contributed by atoms with Gasteiger partial charge in [-0.2, -0.15) is 0 Å². The van der Waals surface area contributed by atoms with E-state index in [9.17, 15) is 14.0 Å². The highest BCUT2D eigenvalue weighted by molar-refractivity contribution is 7.99. The zero-order valence-corrected chi connectivity index (χ0v) is 14.7. The lowest BCUT2D eigenvalue weighted by Crippen LogP contribution is -2.36. The number of amides is 1. The third-order valence-corrected chi connectivity index (χ3v) is 5.66. The number of rotatable bonds is 3. The summed E-state index contributed by atoms with van der Waals surface area (Å²) in [6, 6.07) is 13.5. The Morgan fingerprint density at radius 1 is 1.19 bits per heavy atom. The van der Waals surface area contributed by atoms with Gasteiger partial charge in [0.05, 0.1) is 17.2 Å². The minimum Gasteiger partial charge on any atom is -0.324 e. The van der Waals surface area contributed by atoms with Crippen molar-refractivity contribution in [3.05, 3.63) is 76.6 Å². The van der Waals surface area contributed by atoms with Gasteiger partial charge in [0.25, 0.3) is 5.56 Å². The fraction of sp³-hybridized carbons (Fsp3) is 0.211. The molecule has 0 spiro atoms. The van der Waals surface area contributed by atoms with Crippen molar-refractivity contribution in [3.8, 4) is 0 Å². The molecule has 3 aromatic rings. The number of para-hydroxylation sites is 1. The lowest BCUT2D eigenvalue weighted by Gasteiger charge is -2.24. The monoisotopic (exact) mass is 369 g/mol. The van der Waals surface area contributed by atoms with Crippen LogP contribution in [-0.4, -0.2) is 32.7 Å². The molecule has 0 aliphatic carbocycles. The van der Waals surface area contributed by atoms with Gasteiger partial charge >= 0.3 is 0 Å². The quantitative estimate of drug-likeness (QED) is 0.712. The summed E-state index contributed by atoms with van der Waals surface area (Å²) in [6.07, 6.45) is 1.39.